The predicted molar refractivity (Wildman–Crippen MR) is 65.1 cm³/mol. The number of hydrogen-bond donors (Lipinski definition) is 0. The first-order valence-corrected chi connectivity index (χ1v) is 5.24. The van der Waals surface area contributed by atoms with Crippen LogP contribution in [0.15, 0.2) is 59.8 Å². The maximum Gasteiger partial charge on any atom is 0.267 e. The predicted octanol–water partition coefficient (Wildman–Crippen LogP) is 1.78. The topological polar surface area (TPSA) is 47.8 Å². The van der Waals surface area contributed by atoms with Crippen LogP contribution in [0, 0.1) is 0 Å². The molecule has 82 valence electrons. The molecule has 0 aliphatic carbocycles. The highest BCUT2D eigenvalue weighted by Gasteiger charge is 2.04. The van der Waals surface area contributed by atoms with E-state index in [1.807, 2.05) is 30.3 Å². The highest BCUT2D eigenvalue weighted by atomic mass is 16.1. The van der Waals surface area contributed by atoms with Crippen molar-refractivity contribution in [2.24, 2.45) is 0 Å². The third kappa shape index (κ3) is 1.59. The quantitative estimate of drug-likeness (QED) is 0.631. The molecule has 2 aromatic heterocycles. The number of hydrogen-bond acceptors (Lipinski definition) is 3. The first kappa shape index (κ1) is 9.72. The molecule has 0 fully saturated rings. The van der Waals surface area contributed by atoms with Crippen LogP contribution < -0.4 is 5.56 Å². The summed E-state index contributed by atoms with van der Waals surface area (Å²) in [7, 11) is 0. The summed E-state index contributed by atoms with van der Waals surface area (Å²) in [4.78, 5) is 20.4. The SMILES string of the molecule is O=c1c2cccnc2ncn1-c1ccccc1. The van der Waals surface area contributed by atoms with Crippen LogP contribution in [0.1, 0.15) is 0 Å². The van der Waals surface area contributed by atoms with Crippen LogP contribution in [-0.2, 0) is 0 Å². The maximum atomic E-state index is 12.2. The number of benzene rings is 1. The zero-order valence-corrected chi connectivity index (χ0v) is 8.95. The van der Waals surface area contributed by atoms with E-state index >= 15 is 0 Å². The lowest BCUT2D eigenvalue weighted by molar-refractivity contribution is 0.956. The molecule has 0 saturated carbocycles. The summed E-state index contributed by atoms with van der Waals surface area (Å²) in [5.41, 5.74) is 1.18. The molecule has 2 heterocycles. The molecule has 4 nitrogen and oxygen atoms in total. The molecular formula is C13H9N3O. The Kier molecular flexibility index (Phi) is 2.19. The Morgan fingerprint density at radius 1 is 0.941 bits per heavy atom. The van der Waals surface area contributed by atoms with Crippen LogP contribution in [-0.4, -0.2) is 14.5 Å². The maximum absolute atomic E-state index is 12.2. The third-order valence-electron chi connectivity index (χ3n) is 2.57. The van der Waals surface area contributed by atoms with Crippen molar-refractivity contribution < 1.29 is 0 Å². The van der Waals surface area contributed by atoms with Gasteiger partial charge in [0.1, 0.15) is 6.33 Å². The fourth-order valence-electron chi connectivity index (χ4n) is 1.73. The third-order valence-corrected chi connectivity index (χ3v) is 2.57. The van der Waals surface area contributed by atoms with E-state index < -0.39 is 0 Å². The molecule has 0 N–H and O–H groups in total. The van der Waals surface area contributed by atoms with Gasteiger partial charge in [0.25, 0.3) is 5.56 Å². The van der Waals surface area contributed by atoms with Gasteiger partial charge in [0.15, 0.2) is 5.65 Å². The van der Waals surface area contributed by atoms with Crippen molar-refractivity contribution in [2.75, 3.05) is 0 Å². The van der Waals surface area contributed by atoms with E-state index in [0.29, 0.717) is 11.0 Å². The van der Waals surface area contributed by atoms with Gasteiger partial charge in [-0.15, -0.1) is 0 Å². The van der Waals surface area contributed by atoms with E-state index in [1.165, 1.54) is 10.9 Å². The van der Waals surface area contributed by atoms with Crippen molar-refractivity contribution in [3.8, 4) is 5.69 Å². The van der Waals surface area contributed by atoms with Crippen LogP contribution in [0.4, 0.5) is 0 Å². The molecule has 0 aliphatic heterocycles. The number of rotatable bonds is 1. The molecule has 0 atom stereocenters. The van der Waals surface area contributed by atoms with E-state index in [2.05, 4.69) is 9.97 Å². The van der Waals surface area contributed by atoms with E-state index in [-0.39, 0.29) is 5.56 Å². The molecule has 17 heavy (non-hydrogen) atoms. The molecule has 0 aliphatic rings. The summed E-state index contributed by atoms with van der Waals surface area (Å²) >= 11 is 0. The van der Waals surface area contributed by atoms with Crippen molar-refractivity contribution in [2.45, 2.75) is 0 Å². The molecule has 0 amide bonds. The Balaban J connectivity index is 2.33. The average molecular weight is 223 g/mol. The molecule has 0 bridgehead atoms. The fraction of sp³-hybridized carbons (Fsp3) is 0. The van der Waals surface area contributed by atoms with Crippen molar-refractivity contribution in [3.05, 3.63) is 65.3 Å². The van der Waals surface area contributed by atoms with Crippen LogP contribution in [0.3, 0.4) is 0 Å². The minimum atomic E-state index is -0.102. The Morgan fingerprint density at radius 2 is 1.76 bits per heavy atom. The summed E-state index contributed by atoms with van der Waals surface area (Å²) in [6, 6.07) is 12.9. The van der Waals surface area contributed by atoms with Crippen molar-refractivity contribution in [1.82, 2.24) is 14.5 Å². The molecule has 4 heteroatoms. The normalized spacial score (nSPS) is 10.6. The van der Waals surface area contributed by atoms with Gasteiger partial charge < -0.3 is 0 Å². The van der Waals surface area contributed by atoms with Crippen LogP contribution in [0.25, 0.3) is 16.7 Å². The van der Waals surface area contributed by atoms with Crippen molar-refractivity contribution in [3.63, 3.8) is 0 Å². The van der Waals surface area contributed by atoms with Gasteiger partial charge in [-0.05, 0) is 24.3 Å². The monoisotopic (exact) mass is 223 g/mol. The molecule has 0 saturated heterocycles. The zero-order valence-electron chi connectivity index (χ0n) is 8.95. The molecular weight excluding hydrogens is 214 g/mol. The average Bonchev–Trinajstić information content (AvgIpc) is 2.40. The number of nitrogens with zero attached hydrogens (tertiary/aromatic N) is 3. The standard InChI is InChI=1S/C13H9N3O/c17-13-11-7-4-8-14-12(11)15-9-16(13)10-5-2-1-3-6-10/h1-9H. The van der Waals surface area contributed by atoms with E-state index in [1.54, 1.807) is 18.3 Å². The number of pyridine rings is 1. The van der Waals surface area contributed by atoms with E-state index in [0.717, 1.165) is 5.69 Å². The first-order chi connectivity index (χ1) is 8.36. The van der Waals surface area contributed by atoms with Crippen LogP contribution in [0.5, 0.6) is 0 Å². The smallest absolute Gasteiger partial charge is 0.267 e. The summed E-state index contributed by atoms with van der Waals surface area (Å²) in [5, 5.41) is 0.527. The zero-order chi connectivity index (χ0) is 11.7. The van der Waals surface area contributed by atoms with Gasteiger partial charge in [-0.1, -0.05) is 18.2 Å². The number of para-hydroxylation sites is 1. The Bertz CT molecular complexity index is 719. The Hall–Kier alpha value is -2.49. The fourth-order valence-corrected chi connectivity index (χ4v) is 1.73. The van der Waals surface area contributed by atoms with Gasteiger partial charge in [0.05, 0.1) is 11.1 Å². The summed E-state index contributed by atoms with van der Waals surface area (Å²) < 4.78 is 1.52. The molecule has 0 radical (unpaired) electrons. The largest absolute Gasteiger partial charge is 0.268 e. The first-order valence-electron chi connectivity index (χ1n) is 5.24. The van der Waals surface area contributed by atoms with Crippen molar-refractivity contribution >= 4 is 11.0 Å². The molecule has 3 rings (SSSR count). The highest BCUT2D eigenvalue weighted by Crippen LogP contribution is 2.06. The molecule has 1 aromatic carbocycles. The second kappa shape index (κ2) is 3.83. The minimum absolute atomic E-state index is 0.102. The summed E-state index contributed by atoms with van der Waals surface area (Å²) in [5.74, 6) is 0. The lowest BCUT2D eigenvalue weighted by Crippen LogP contribution is -2.18. The van der Waals surface area contributed by atoms with Gasteiger partial charge in [-0.25, -0.2) is 9.97 Å². The van der Waals surface area contributed by atoms with E-state index in [9.17, 15) is 4.79 Å². The highest BCUT2D eigenvalue weighted by molar-refractivity contribution is 5.72. The van der Waals surface area contributed by atoms with E-state index in [4.69, 9.17) is 0 Å². The van der Waals surface area contributed by atoms with Gasteiger partial charge in [0.2, 0.25) is 0 Å². The van der Waals surface area contributed by atoms with Gasteiger partial charge in [-0.2, -0.15) is 0 Å². The second-order valence-electron chi connectivity index (χ2n) is 3.63. The van der Waals surface area contributed by atoms with Gasteiger partial charge >= 0.3 is 0 Å². The summed E-state index contributed by atoms with van der Waals surface area (Å²) in [6.45, 7) is 0. The van der Waals surface area contributed by atoms with Crippen molar-refractivity contribution in [1.29, 1.82) is 0 Å². The minimum Gasteiger partial charge on any atom is -0.268 e. The van der Waals surface area contributed by atoms with Gasteiger partial charge in [-0.3, -0.25) is 9.36 Å². The van der Waals surface area contributed by atoms with Gasteiger partial charge in [0, 0.05) is 6.20 Å². The van der Waals surface area contributed by atoms with Crippen LogP contribution in [0.2, 0.25) is 0 Å². The lowest BCUT2D eigenvalue weighted by Gasteiger charge is -2.05. The summed E-state index contributed by atoms with van der Waals surface area (Å²) in [6.07, 6.45) is 3.13. The Morgan fingerprint density at radius 3 is 2.59 bits per heavy atom. The molecule has 3 aromatic rings. The molecule has 0 spiro atoms. The molecule has 0 unspecified atom stereocenters. The number of fused-ring (bicyclic) bond motifs is 1. The van der Waals surface area contributed by atoms with Crippen LogP contribution >= 0.6 is 0 Å². The lowest BCUT2D eigenvalue weighted by atomic mass is 10.3. The Labute approximate surface area is 97.2 Å². The number of aromatic nitrogens is 3. The second-order valence-corrected chi connectivity index (χ2v) is 3.63.